The second-order valence-corrected chi connectivity index (χ2v) is 11.5. The van der Waals surface area contributed by atoms with Gasteiger partial charge in [-0.3, -0.25) is 4.79 Å². The molecule has 0 aliphatic heterocycles. The topological polar surface area (TPSA) is 103 Å². The number of carbonyl (C=O) groups is 1. The van der Waals surface area contributed by atoms with Crippen LogP contribution < -0.4 is 0 Å². The molecule has 0 fully saturated rings. The first kappa shape index (κ1) is 43.6. The number of ether oxygens (including phenoxy) is 2. The average Bonchev–Trinajstić information content (AvgIpc) is 3.68. The molecule has 52 heavy (non-hydrogen) atoms. The van der Waals surface area contributed by atoms with Gasteiger partial charge in [0.15, 0.2) is 0 Å². The fraction of sp³-hybridized carbons (Fsp3) is 0.441. The zero-order valence-corrected chi connectivity index (χ0v) is 27.4. The number of carbonyl (C=O) groups excluding carboxylic acids is 1. The van der Waals surface area contributed by atoms with Crippen molar-refractivity contribution in [2.75, 3.05) is 0 Å². The summed E-state index contributed by atoms with van der Waals surface area (Å²) in [6, 6.07) is 6.40. The van der Waals surface area contributed by atoms with Crippen molar-refractivity contribution < 1.29 is 72.1 Å². The van der Waals surface area contributed by atoms with Gasteiger partial charge in [0.05, 0.1) is 52.7 Å². The van der Waals surface area contributed by atoms with Crippen molar-refractivity contribution in [1.29, 1.82) is 10.5 Å². The molecule has 0 saturated heterocycles. The zero-order valence-electron chi connectivity index (χ0n) is 27.4. The van der Waals surface area contributed by atoms with E-state index in [2.05, 4.69) is 0 Å². The summed E-state index contributed by atoms with van der Waals surface area (Å²) in [5.74, 6) is -0.287. The summed E-state index contributed by atoms with van der Waals surface area (Å²) in [5.41, 5.74) is -5.03. The summed E-state index contributed by atoms with van der Waals surface area (Å²) in [4.78, 5) is 10.5. The molecule has 284 valence electrons. The first-order chi connectivity index (χ1) is 23.7. The summed E-state index contributed by atoms with van der Waals surface area (Å²) in [6.07, 6.45) is -16.9. The minimum absolute atomic E-state index is 0.0197. The van der Waals surface area contributed by atoms with E-state index in [0.717, 1.165) is 25.3 Å². The highest BCUT2D eigenvalue weighted by atomic mass is 19.4. The predicted octanol–water partition coefficient (Wildman–Crippen LogP) is 10.4. The van der Waals surface area contributed by atoms with Crippen LogP contribution in [-0.4, -0.2) is 23.3 Å². The summed E-state index contributed by atoms with van der Waals surface area (Å²) in [5, 5.41) is 26.3. The van der Waals surface area contributed by atoms with Crippen molar-refractivity contribution in [3.05, 3.63) is 93.1 Å². The Bertz CT molecular complexity index is 1640. The van der Waals surface area contributed by atoms with Gasteiger partial charge in [-0.2, -0.15) is 63.2 Å². The van der Waals surface area contributed by atoms with E-state index in [1.54, 1.807) is 6.08 Å². The fourth-order valence-electron chi connectivity index (χ4n) is 4.75. The number of aliphatic hydroxyl groups is 1. The molecule has 2 aromatic rings. The Morgan fingerprint density at radius 3 is 1.33 bits per heavy atom. The van der Waals surface area contributed by atoms with Crippen molar-refractivity contribution in [1.82, 2.24) is 0 Å². The molecule has 0 aromatic heterocycles. The number of benzene rings is 2. The maximum absolute atomic E-state index is 12.8. The second-order valence-electron chi connectivity index (χ2n) is 11.5. The molecule has 18 heteroatoms. The lowest BCUT2D eigenvalue weighted by atomic mass is 10.0. The number of halogens is 12. The van der Waals surface area contributed by atoms with E-state index in [1.165, 1.54) is 19.9 Å². The van der Waals surface area contributed by atoms with Crippen LogP contribution >= 0.6 is 0 Å². The number of nitrogens with zero attached hydrogens (tertiary/aromatic N) is 2. The third-order valence-electron chi connectivity index (χ3n) is 7.33. The Labute approximate surface area is 289 Å². The van der Waals surface area contributed by atoms with Gasteiger partial charge >= 0.3 is 30.7 Å². The predicted molar refractivity (Wildman–Crippen MR) is 158 cm³/mol. The highest BCUT2D eigenvalue weighted by molar-refractivity contribution is 5.66. The Morgan fingerprint density at radius 2 is 1.02 bits per heavy atom. The Hall–Kier alpha value is -4.55. The number of aliphatic hydroxyl groups excluding tert-OH is 1. The van der Waals surface area contributed by atoms with Crippen LogP contribution in [0.5, 0.6) is 0 Å². The molecular weight excluding hydrogens is 728 g/mol. The number of alkyl halides is 12. The molecule has 0 amide bonds. The summed E-state index contributed by atoms with van der Waals surface area (Å²) in [7, 11) is 0. The molecule has 2 aromatic carbocycles. The molecule has 1 unspecified atom stereocenters. The van der Waals surface area contributed by atoms with Crippen LogP contribution in [0, 0.1) is 22.7 Å². The minimum Gasteiger partial charge on any atom is -0.458 e. The Balaban J connectivity index is 0.000000291. The Morgan fingerprint density at radius 1 is 0.673 bits per heavy atom. The molecule has 4 atom stereocenters. The number of esters is 1. The Kier molecular flexibility index (Phi) is 14.5. The largest absolute Gasteiger partial charge is 0.458 e. The van der Waals surface area contributed by atoms with Crippen LogP contribution in [0.3, 0.4) is 0 Å². The number of allylic oxidation sites excluding steroid dienone is 2. The quantitative estimate of drug-likeness (QED) is 0.241. The lowest BCUT2D eigenvalue weighted by Gasteiger charge is -2.20. The van der Waals surface area contributed by atoms with E-state index in [-0.39, 0.29) is 29.8 Å². The molecule has 0 heterocycles. The summed E-state index contributed by atoms with van der Waals surface area (Å²) < 4.78 is 162. The highest BCUT2D eigenvalue weighted by Crippen LogP contribution is 2.39. The smallest absolute Gasteiger partial charge is 0.416 e. The first-order valence-corrected chi connectivity index (χ1v) is 15.1. The molecule has 0 spiro atoms. The fourth-order valence-corrected chi connectivity index (χ4v) is 4.75. The third-order valence-corrected chi connectivity index (χ3v) is 7.33. The zero-order chi connectivity index (χ0) is 39.8. The van der Waals surface area contributed by atoms with Gasteiger partial charge in [0, 0.05) is 18.1 Å². The maximum Gasteiger partial charge on any atom is 0.416 e. The lowest BCUT2D eigenvalue weighted by molar-refractivity contribution is -0.145. The van der Waals surface area contributed by atoms with Crippen LogP contribution in [0.4, 0.5) is 52.7 Å². The van der Waals surface area contributed by atoms with Crippen molar-refractivity contribution in [2.24, 2.45) is 0 Å². The van der Waals surface area contributed by atoms with Crippen LogP contribution in [0.25, 0.3) is 0 Å². The number of nitriles is 2. The van der Waals surface area contributed by atoms with Crippen molar-refractivity contribution in [3.8, 4) is 12.1 Å². The summed E-state index contributed by atoms with van der Waals surface area (Å²) in [6.45, 7) is 3.85. The van der Waals surface area contributed by atoms with Gasteiger partial charge in [0.25, 0.3) is 0 Å². The third kappa shape index (κ3) is 13.5. The molecule has 2 aliphatic rings. The normalized spacial score (nSPS) is 18.7. The summed E-state index contributed by atoms with van der Waals surface area (Å²) >= 11 is 0. The molecule has 0 saturated carbocycles. The molecule has 4 rings (SSSR count). The molecular formula is C34H30F12N2O4. The van der Waals surface area contributed by atoms with Crippen molar-refractivity contribution in [3.63, 3.8) is 0 Å². The molecule has 1 N–H and O–H groups in total. The van der Waals surface area contributed by atoms with Crippen molar-refractivity contribution >= 4 is 5.97 Å². The van der Waals surface area contributed by atoms with E-state index in [4.69, 9.17) is 25.1 Å². The van der Waals surface area contributed by atoms with Gasteiger partial charge in [-0.05, 0) is 99.2 Å². The molecule has 0 bridgehead atoms. The van der Waals surface area contributed by atoms with Crippen LogP contribution in [0.15, 0.2) is 59.7 Å². The van der Waals surface area contributed by atoms with Gasteiger partial charge in [-0.1, -0.05) is 0 Å². The number of hydrogen-bond acceptors (Lipinski definition) is 6. The van der Waals surface area contributed by atoms with Gasteiger partial charge in [0.2, 0.25) is 0 Å². The van der Waals surface area contributed by atoms with Gasteiger partial charge in [-0.15, -0.1) is 0 Å². The first-order valence-electron chi connectivity index (χ1n) is 15.1. The molecule has 6 nitrogen and oxygen atoms in total. The lowest BCUT2D eigenvalue weighted by Crippen LogP contribution is -2.15. The maximum atomic E-state index is 12.8. The van der Waals surface area contributed by atoms with E-state index in [0.29, 0.717) is 42.7 Å². The second kappa shape index (κ2) is 17.3. The minimum atomic E-state index is -4.89. The van der Waals surface area contributed by atoms with E-state index >= 15 is 0 Å². The van der Waals surface area contributed by atoms with Gasteiger partial charge < -0.3 is 14.6 Å². The number of hydrogen-bond donors (Lipinski definition) is 1. The van der Waals surface area contributed by atoms with Crippen LogP contribution in [0.2, 0.25) is 0 Å². The van der Waals surface area contributed by atoms with Crippen molar-refractivity contribution in [2.45, 2.75) is 95.6 Å². The van der Waals surface area contributed by atoms with Crippen LogP contribution in [-0.2, 0) is 39.0 Å². The highest BCUT2D eigenvalue weighted by Gasteiger charge is 2.38. The standard InChI is InChI=1S/C16H13F6NO.C10H8F6O.C8H9NO2/c1-9(24-14-3-2-10(4-14)8-23)11-5-12(15(17,18)19)7-13(6-11)16(20,21)22;1-5(17)6-2-7(9(11,12)13)4-8(3-6)10(14,15)16;1-6(10)11-8-3-2-7(4-8)5-9/h4-7,9,14H,2-3H2,1H3;2-5,17H,1H3;4,8H,2-3H2,1H3/t9-,14?;5-;8-/m110/s1. The van der Waals surface area contributed by atoms with E-state index < -0.39 is 70.8 Å². The molecule has 0 radical (unpaired) electrons. The molecule has 2 aliphatic carbocycles. The number of rotatable bonds is 5. The van der Waals surface area contributed by atoms with Gasteiger partial charge in [-0.25, -0.2) is 0 Å². The van der Waals surface area contributed by atoms with E-state index in [9.17, 15) is 57.5 Å². The van der Waals surface area contributed by atoms with Gasteiger partial charge in [0.1, 0.15) is 6.10 Å². The van der Waals surface area contributed by atoms with Crippen LogP contribution in [0.1, 0.15) is 92.0 Å². The van der Waals surface area contributed by atoms with E-state index in [1.807, 2.05) is 12.1 Å². The monoisotopic (exact) mass is 758 g/mol. The average molecular weight is 759 g/mol. The SMILES string of the molecule is CC(=O)O[C@@H]1C=C(C#N)CC1.C[C@@H](O)c1cc(C(F)(F)F)cc(C(F)(F)F)c1.C[C@@H](OC1C=C(C#N)CC1)c1cc(C(F)(F)F)cc(C(F)(F)F)c1.